The Kier molecular flexibility index (Phi) is 3.85. The van der Waals surface area contributed by atoms with Gasteiger partial charge in [0, 0.05) is 12.1 Å². The van der Waals surface area contributed by atoms with Crippen molar-refractivity contribution in [2.75, 3.05) is 6.54 Å². The van der Waals surface area contributed by atoms with E-state index in [-0.39, 0.29) is 6.54 Å². The van der Waals surface area contributed by atoms with Crippen molar-refractivity contribution in [2.24, 2.45) is 5.73 Å². The van der Waals surface area contributed by atoms with E-state index in [0.717, 1.165) is 0 Å². The van der Waals surface area contributed by atoms with Crippen LogP contribution < -0.4 is 11.1 Å². The molecule has 0 heterocycles. The molecule has 0 fully saturated rings. The van der Waals surface area contributed by atoms with Gasteiger partial charge in [-0.05, 0) is 19.9 Å². The summed E-state index contributed by atoms with van der Waals surface area (Å²) in [7, 11) is 0. The van der Waals surface area contributed by atoms with Crippen LogP contribution in [0.1, 0.15) is 24.2 Å². The molecule has 7 heteroatoms. The van der Waals surface area contributed by atoms with Crippen molar-refractivity contribution >= 4 is 5.91 Å². The van der Waals surface area contributed by atoms with E-state index in [9.17, 15) is 18.0 Å². The smallest absolute Gasteiger partial charge is 0.254 e. The van der Waals surface area contributed by atoms with Crippen molar-refractivity contribution in [3.8, 4) is 5.75 Å². The Balaban J connectivity index is 3.15. The van der Waals surface area contributed by atoms with Crippen molar-refractivity contribution in [2.45, 2.75) is 19.4 Å². The zero-order chi connectivity index (χ0) is 14.1. The summed E-state index contributed by atoms with van der Waals surface area (Å²) in [5.74, 6) is -7.27. The van der Waals surface area contributed by atoms with Crippen molar-refractivity contribution < 1.29 is 23.1 Å². The van der Waals surface area contributed by atoms with Crippen LogP contribution in [0.3, 0.4) is 0 Å². The molecule has 0 spiro atoms. The van der Waals surface area contributed by atoms with Crippen LogP contribution in [0, 0.1) is 17.5 Å². The van der Waals surface area contributed by atoms with Gasteiger partial charge < -0.3 is 16.2 Å². The number of phenolic OH excluding ortho intramolecular Hbond substituents is 1. The van der Waals surface area contributed by atoms with Crippen LogP contribution in [0.4, 0.5) is 13.2 Å². The molecule has 0 aliphatic rings. The molecule has 18 heavy (non-hydrogen) atoms. The maximum atomic E-state index is 13.4. The van der Waals surface area contributed by atoms with Crippen molar-refractivity contribution in [3.05, 3.63) is 29.1 Å². The quantitative estimate of drug-likeness (QED) is 0.718. The maximum absolute atomic E-state index is 13.4. The fourth-order valence-electron chi connectivity index (χ4n) is 1.18. The Bertz CT molecular complexity index is 490. The highest BCUT2D eigenvalue weighted by Gasteiger charge is 2.26. The molecule has 4 nitrogen and oxygen atoms in total. The first-order valence-electron chi connectivity index (χ1n) is 5.08. The predicted molar refractivity (Wildman–Crippen MR) is 58.6 cm³/mol. The van der Waals surface area contributed by atoms with E-state index in [0.29, 0.717) is 6.07 Å². The van der Waals surface area contributed by atoms with Gasteiger partial charge in [0.1, 0.15) is 0 Å². The Labute approximate surface area is 102 Å². The summed E-state index contributed by atoms with van der Waals surface area (Å²) in [6.45, 7) is 3.21. The molecule has 4 N–H and O–H groups in total. The molecule has 100 valence electrons. The highest BCUT2D eigenvalue weighted by Crippen LogP contribution is 2.26. The molecule has 1 amide bonds. The topological polar surface area (TPSA) is 75.3 Å². The molecular formula is C11H13F3N2O2. The van der Waals surface area contributed by atoms with Gasteiger partial charge in [0.25, 0.3) is 5.91 Å². The standard InChI is InChI=1S/C11H13F3N2O2/c1-11(2,4-15)16-10(18)5-3-6(12)8(14)9(17)7(5)13/h3,17H,4,15H2,1-2H3,(H,16,18). The van der Waals surface area contributed by atoms with Crippen LogP contribution in [-0.4, -0.2) is 23.1 Å². The third-order valence-corrected chi connectivity index (χ3v) is 2.34. The predicted octanol–water partition coefficient (Wildman–Crippen LogP) is 1.28. The van der Waals surface area contributed by atoms with Gasteiger partial charge in [-0.25, -0.2) is 8.78 Å². The third-order valence-electron chi connectivity index (χ3n) is 2.34. The molecule has 1 aromatic rings. The fraction of sp³-hybridized carbons (Fsp3) is 0.364. The second-order valence-electron chi connectivity index (χ2n) is 4.42. The average molecular weight is 262 g/mol. The highest BCUT2D eigenvalue weighted by atomic mass is 19.2. The SMILES string of the molecule is CC(C)(CN)NC(=O)c1cc(F)c(F)c(O)c1F. The number of amides is 1. The first kappa shape index (κ1) is 14.3. The summed E-state index contributed by atoms with van der Waals surface area (Å²) in [4.78, 5) is 11.6. The molecule has 0 aromatic heterocycles. The summed E-state index contributed by atoms with van der Waals surface area (Å²) < 4.78 is 39.2. The molecule has 1 rings (SSSR count). The largest absolute Gasteiger partial charge is 0.503 e. The van der Waals surface area contributed by atoms with Gasteiger partial charge in [-0.3, -0.25) is 4.79 Å². The van der Waals surface area contributed by atoms with Crippen molar-refractivity contribution in [1.82, 2.24) is 5.32 Å². The maximum Gasteiger partial charge on any atom is 0.254 e. The Morgan fingerprint density at radius 1 is 1.39 bits per heavy atom. The zero-order valence-electron chi connectivity index (χ0n) is 9.85. The number of hydrogen-bond donors (Lipinski definition) is 3. The molecule has 0 saturated heterocycles. The first-order chi connectivity index (χ1) is 8.19. The fourth-order valence-corrected chi connectivity index (χ4v) is 1.18. The number of carbonyl (C=O) groups excluding carboxylic acids is 1. The van der Waals surface area contributed by atoms with E-state index >= 15 is 0 Å². The lowest BCUT2D eigenvalue weighted by molar-refractivity contribution is 0.0909. The van der Waals surface area contributed by atoms with Crippen LogP contribution in [-0.2, 0) is 0 Å². The summed E-state index contributed by atoms with van der Waals surface area (Å²) in [5.41, 5.74) is 3.74. The molecule has 0 aliphatic heterocycles. The molecule has 0 radical (unpaired) electrons. The number of hydrogen-bond acceptors (Lipinski definition) is 3. The lowest BCUT2D eigenvalue weighted by Gasteiger charge is -2.24. The number of nitrogens with two attached hydrogens (primary N) is 1. The van der Waals surface area contributed by atoms with E-state index in [1.165, 1.54) is 0 Å². The number of phenols is 1. The normalized spacial score (nSPS) is 11.4. The number of halogens is 3. The molecule has 0 saturated carbocycles. The minimum atomic E-state index is -1.73. The molecule has 0 aliphatic carbocycles. The third kappa shape index (κ3) is 2.73. The lowest BCUT2D eigenvalue weighted by atomic mass is 10.0. The van der Waals surface area contributed by atoms with Crippen LogP contribution in [0.25, 0.3) is 0 Å². The van der Waals surface area contributed by atoms with E-state index in [1.54, 1.807) is 13.8 Å². The number of aromatic hydroxyl groups is 1. The second kappa shape index (κ2) is 4.85. The molecular weight excluding hydrogens is 249 g/mol. The van der Waals surface area contributed by atoms with Gasteiger partial charge in [0.2, 0.25) is 5.82 Å². The Morgan fingerprint density at radius 2 is 1.94 bits per heavy atom. The molecule has 0 bridgehead atoms. The number of carbonyl (C=O) groups is 1. The van der Waals surface area contributed by atoms with Crippen LogP contribution >= 0.6 is 0 Å². The monoisotopic (exact) mass is 262 g/mol. The number of nitrogens with one attached hydrogen (secondary N) is 1. The van der Waals surface area contributed by atoms with Crippen LogP contribution in [0.5, 0.6) is 5.75 Å². The van der Waals surface area contributed by atoms with Gasteiger partial charge in [-0.15, -0.1) is 0 Å². The van der Waals surface area contributed by atoms with E-state index in [1.807, 2.05) is 0 Å². The van der Waals surface area contributed by atoms with E-state index in [2.05, 4.69) is 5.32 Å². The minimum absolute atomic E-state index is 0.0655. The molecule has 1 aromatic carbocycles. The Morgan fingerprint density at radius 3 is 2.44 bits per heavy atom. The minimum Gasteiger partial charge on any atom is -0.503 e. The lowest BCUT2D eigenvalue weighted by Crippen LogP contribution is -2.49. The number of benzene rings is 1. The van der Waals surface area contributed by atoms with Crippen LogP contribution in [0.2, 0.25) is 0 Å². The van der Waals surface area contributed by atoms with Crippen molar-refractivity contribution in [3.63, 3.8) is 0 Å². The first-order valence-corrected chi connectivity index (χ1v) is 5.08. The van der Waals surface area contributed by atoms with Crippen molar-refractivity contribution in [1.29, 1.82) is 0 Å². The molecule has 0 atom stereocenters. The summed E-state index contributed by atoms with van der Waals surface area (Å²) >= 11 is 0. The van der Waals surface area contributed by atoms with E-state index in [4.69, 9.17) is 10.8 Å². The molecule has 0 unspecified atom stereocenters. The zero-order valence-corrected chi connectivity index (χ0v) is 9.85. The van der Waals surface area contributed by atoms with E-state index < -0.39 is 40.2 Å². The average Bonchev–Trinajstić information content (AvgIpc) is 2.30. The van der Waals surface area contributed by atoms with Gasteiger partial charge in [0.05, 0.1) is 5.56 Å². The Hall–Kier alpha value is -1.76. The summed E-state index contributed by atoms with van der Waals surface area (Å²) in [6.07, 6.45) is 0. The highest BCUT2D eigenvalue weighted by molar-refractivity contribution is 5.95. The van der Waals surface area contributed by atoms with Gasteiger partial charge >= 0.3 is 0 Å². The number of rotatable bonds is 3. The summed E-state index contributed by atoms with van der Waals surface area (Å²) in [6, 6.07) is 0.381. The summed E-state index contributed by atoms with van der Waals surface area (Å²) in [5, 5.41) is 11.3. The van der Waals surface area contributed by atoms with Gasteiger partial charge in [0.15, 0.2) is 17.4 Å². The van der Waals surface area contributed by atoms with Gasteiger partial charge in [-0.2, -0.15) is 4.39 Å². The van der Waals surface area contributed by atoms with Crippen LogP contribution in [0.15, 0.2) is 6.07 Å². The second-order valence-corrected chi connectivity index (χ2v) is 4.42. The van der Waals surface area contributed by atoms with Gasteiger partial charge in [-0.1, -0.05) is 0 Å².